The van der Waals surface area contributed by atoms with Crippen LogP contribution in [0.5, 0.6) is 17.5 Å². The Bertz CT molecular complexity index is 3420. The summed E-state index contributed by atoms with van der Waals surface area (Å²) in [5.41, 5.74) is 13.8. The monoisotopic (exact) mass is 1090 g/mol. The van der Waals surface area contributed by atoms with E-state index >= 15 is 0 Å². The zero-order valence-electron chi connectivity index (χ0n) is 44.3. The first kappa shape index (κ1) is 51.6. The molecule has 22 heteroatoms. The van der Waals surface area contributed by atoms with Gasteiger partial charge >= 0.3 is 0 Å². The third-order valence-corrected chi connectivity index (χ3v) is 18.5. The van der Waals surface area contributed by atoms with E-state index in [4.69, 9.17) is 29.7 Å². The molecule has 2 aliphatic heterocycles. The van der Waals surface area contributed by atoms with Crippen LogP contribution in [0.2, 0.25) is 0 Å². The first-order chi connectivity index (χ1) is 37.6. The average molecular weight is 1090 g/mol. The van der Waals surface area contributed by atoms with E-state index in [9.17, 15) is 20.0 Å². The lowest BCUT2D eigenvalue weighted by molar-refractivity contribution is -0.144. The van der Waals surface area contributed by atoms with E-state index < -0.39 is 29.0 Å². The van der Waals surface area contributed by atoms with Gasteiger partial charge in [0, 0.05) is 60.6 Å². The maximum Gasteiger partial charge on any atom is 0.248 e. The molecule has 0 bridgehead atoms. The van der Waals surface area contributed by atoms with Gasteiger partial charge in [-0.3, -0.25) is 9.59 Å². The number of nitrogen functional groups attached to an aromatic ring is 1. The summed E-state index contributed by atoms with van der Waals surface area (Å²) in [4.78, 5) is 57.1. The normalized spacial score (nSPS) is 21.5. The van der Waals surface area contributed by atoms with Gasteiger partial charge in [-0.2, -0.15) is 15.2 Å². The molecule has 3 fully saturated rings. The molecule has 6 aromatic heterocycles. The maximum atomic E-state index is 14.7. The number of thiazole rings is 1. The van der Waals surface area contributed by atoms with Crippen LogP contribution in [0.15, 0.2) is 65.3 Å². The molecule has 1 saturated carbocycles. The van der Waals surface area contributed by atoms with Crippen LogP contribution in [-0.4, -0.2) is 117 Å². The molecule has 20 nitrogen and oxygen atoms in total. The number of β-amino-alcohol motifs (C(OH)–C–C–N with tert-alkyl or cyclic N) is 1. The number of nitrogens with two attached hydrogens (primary N) is 1. The number of ether oxygens (including phenoxy) is 2. The van der Waals surface area contributed by atoms with Crippen molar-refractivity contribution in [3.63, 3.8) is 0 Å². The fourth-order valence-corrected chi connectivity index (χ4v) is 14.2. The molecule has 404 valence electrons. The van der Waals surface area contributed by atoms with Gasteiger partial charge in [-0.1, -0.05) is 55.4 Å². The molecule has 5 aliphatic rings. The molecular weight excluding hydrogens is 1030 g/mol. The number of carbonyl (C=O) groups excluding carboxylic acids is 2. The zero-order valence-corrected chi connectivity index (χ0v) is 45.9. The number of nitrogens with one attached hydrogen (secondary N) is 1. The quantitative estimate of drug-likeness (QED) is 0.0881. The van der Waals surface area contributed by atoms with Gasteiger partial charge in [0.15, 0.2) is 23.0 Å². The highest BCUT2D eigenvalue weighted by Gasteiger charge is 2.51. The van der Waals surface area contributed by atoms with Gasteiger partial charge in [0.1, 0.15) is 29.5 Å². The standard InChI is InChI=1S/C56H62N14O6S2/c1-31(33-10-12-34(13-11-33)47-32(2)61-30-77-47)62-52(72)41-18-36(71)25-69(41)53(73)48(54(3,4)5)70-26-40(65-67-70)35-23-68(24-35)27-55(16-17-55)28-74-43-19-44(75-37-21-59-29-60-22-37)64-51(63-43)46-38-8-6-14-56(49(38)76-66-46)15-7-9-42-45(56)39(20-57)50(58)78-42/h10-13,19,21-22,26,29-31,35-36,41,48,71H,6-9,14-18,23-25,27-28,58H2,1-5H3,(H,62,72)/t31-,36+,41-,48+,56-/m0/s1. The lowest BCUT2D eigenvalue weighted by Crippen LogP contribution is -2.50. The molecule has 78 heavy (non-hydrogen) atoms. The second-order valence-corrected chi connectivity index (χ2v) is 25.0. The van der Waals surface area contributed by atoms with Gasteiger partial charge in [-0.15, -0.1) is 27.8 Å². The Labute approximate surface area is 459 Å². The van der Waals surface area contributed by atoms with Crippen LogP contribution >= 0.6 is 22.7 Å². The Hall–Kier alpha value is -7.19. The number of anilines is 1. The Kier molecular flexibility index (Phi) is 13.4. The molecule has 0 radical (unpaired) electrons. The highest BCUT2D eigenvalue weighted by atomic mass is 32.1. The van der Waals surface area contributed by atoms with Crippen molar-refractivity contribution in [2.45, 2.75) is 128 Å². The van der Waals surface area contributed by atoms with Crippen molar-refractivity contribution in [2.75, 3.05) is 38.5 Å². The number of thiophene rings is 1. The molecule has 2 saturated heterocycles. The van der Waals surface area contributed by atoms with Crippen molar-refractivity contribution in [1.82, 2.24) is 60.2 Å². The van der Waals surface area contributed by atoms with Crippen LogP contribution in [-0.2, 0) is 27.8 Å². The van der Waals surface area contributed by atoms with Gasteiger partial charge in [-0.05, 0) is 87.3 Å². The second kappa shape index (κ2) is 20.2. The van der Waals surface area contributed by atoms with E-state index in [0.717, 1.165) is 114 Å². The highest BCUT2D eigenvalue weighted by Crippen LogP contribution is 2.55. The molecule has 5 atom stereocenters. The number of hydrogen-bond acceptors (Lipinski definition) is 19. The SMILES string of the molecule is Cc1ncsc1-c1ccc([C@H](C)NC(=O)[C@@H]2C[C@@H](O)CN2C(=O)[C@@H](n2cc(C3CN(CC4(COc5cc(Oc6cncnc6)nc(-c6noc7c6CCC[C@@]76CCCc7sc(N)c(C#N)c76)n5)CC4)C3)nn2)C(C)(C)C)cc1. The lowest BCUT2D eigenvalue weighted by Gasteiger charge is -2.40. The van der Waals surface area contributed by atoms with Crippen molar-refractivity contribution < 1.29 is 28.7 Å². The van der Waals surface area contributed by atoms with Gasteiger partial charge in [0.25, 0.3) is 0 Å². The number of carbonyl (C=O) groups is 2. The third-order valence-electron chi connectivity index (χ3n) is 16.4. The molecule has 0 unspecified atom stereocenters. The van der Waals surface area contributed by atoms with Crippen LogP contribution in [0, 0.1) is 29.1 Å². The Morgan fingerprint density at radius 2 is 1.81 bits per heavy atom. The Morgan fingerprint density at radius 3 is 2.53 bits per heavy atom. The molecule has 4 N–H and O–H groups in total. The first-order valence-electron chi connectivity index (χ1n) is 26.8. The smallest absolute Gasteiger partial charge is 0.248 e. The zero-order chi connectivity index (χ0) is 54.1. The van der Waals surface area contributed by atoms with Crippen molar-refractivity contribution >= 4 is 39.5 Å². The van der Waals surface area contributed by atoms with Crippen LogP contribution in [0.3, 0.4) is 0 Å². The summed E-state index contributed by atoms with van der Waals surface area (Å²) in [5, 5.41) is 38.6. The average Bonchev–Trinajstić information content (AvgIpc) is 4.04. The first-order valence-corrected chi connectivity index (χ1v) is 28.5. The summed E-state index contributed by atoms with van der Waals surface area (Å²) in [6.45, 7) is 12.7. The topological polar surface area (TPSA) is 262 Å². The summed E-state index contributed by atoms with van der Waals surface area (Å²) < 4.78 is 20.7. The van der Waals surface area contributed by atoms with Crippen LogP contribution in [0.1, 0.15) is 135 Å². The molecule has 1 spiro atoms. The predicted molar refractivity (Wildman–Crippen MR) is 290 cm³/mol. The van der Waals surface area contributed by atoms with E-state index in [1.54, 1.807) is 34.5 Å². The number of hydrogen-bond donors (Lipinski definition) is 3. The third kappa shape index (κ3) is 9.68. The Balaban J connectivity index is 0.704. The van der Waals surface area contributed by atoms with E-state index in [0.29, 0.717) is 46.7 Å². The summed E-state index contributed by atoms with van der Waals surface area (Å²) in [6, 6.07) is 10.2. The molecule has 12 rings (SSSR count). The van der Waals surface area contributed by atoms with E-state index in [1.807, 2.05) is 70.6 Å². The number of nitrogens with zero attached hydrogens (tertiary/aromatic N) is 12. The minimum absolute atomic E-state index is 0.0465. The predicted octanol–water partition coefficient (Wildman–Crippen LogP) is 7.90. The second-order valence-electron chi connectivity index (χ2n) is 23.0. The van der Waals surface area contributed by atoms with Crippen molar-refractivity contribution in [2.24, 2.45) is 10.8 Å². The van der Waals surface area contributed by atoms with E-state index in [1.165, 1.54) is 22.6 Å². The van der Waals surface area contributed by atoms with Gasteiger partial charge in [-0.25, -0.2) is 19.6 Å². The van der Waals surface area contributed by atoms with Crippen molar-refractivity contribution in [3.8, 4) is 45.5 Å². The maximum absolute atomic E-state index is 14.7. The van der Waals surface area contributed by atoms with E-state index in [2.05, 4.69) is 46.7 Å². The number of amides is 2. The molecule has 2 amide bonds. The molecule has 1 aromatic carbocycles. The summed E-state index contributed by atoms with van der Waals surface area (Å²) in [6.07, 6.45) is 12.8. The van der Waals surface area contributed by atoms with Crippen LogP contribution < -0.4 is 20.5 Å². The molecule has 7 aromatic rings. The van der Waals surface area contributed by atoms with Crippen LogP contribution in [0.25, 0.3) is 22.0 Å². The minimum Gasteiger partial charge on any atom is -0.477 e. The van der Waals surface area contributed by atoms with Crippen LogP contribution in [0.4, 0.5) is 5.00 Å². The number of aliphatic hydroxyl groups excluding tert-OH is 1. The number of nitriles is 1. The van der Waals surface area contributed by atoms with Crippen molar-refractivity contribution in [1.29, 1.82) is 5.26 Å². The van der Waals surface area contributed by atoms with Gasteiger partial charge in [0.05, 0.1) is 70.0 Å². The number of aliphatic hydroxyl groups is 1. The minimum atomic E-state index is -0.846. The fraction of sp³-hybridized carbons (Fsp3) is 0.482. The summed E-state index contributed by atoms with van der Waals surface area (Å²) in [5.74, 6) is 1.58. The summed E-state index contributed by atoms with van der Waals surface area (Å²) >= 11 is 3.10. The number of fused-ring (bicyclic) bond motifs is 4. The fourth-order valence-electron chi connectivity index (χ4n) is 12.3. The number of aromatic nitrogens is 9. The number of rotatable bonds is 15. The van der Waals surface area contributed by atoms with Crippen molar-refractivity contribution in [3.05, 3.63) is 105 Å². The number of likely N-dealkylation sites (tertiary alicyclic amines) is 2. The largest absolute Gasteiger partial charge is 0.477 e. The lowest BCUT2D eigenvalue weighted by atomic mass is 9.63. The Morgan fingerprint density at radius 1 is 1.05 bits per heavy atom. The highest BCUT2D eigenvalue weighted by molar-refractivity contribution is 7.16. The molecular formula is C56H62N14O6S2. The summed E-state index contributed by atoms with van der Waals surface area (Å²) in [7, 11) is 0. The number of aryl methyl sites for hydroxylation is 2. The molecule has 3 aliphatic carbocycles. The number of benzene rings is 1. The molecule has 8 heterocycles. The van der Waals surface area contributed by atoms with E-state index in [-0.39, 0.29) is 48.0 Å². The van der Waals surface area contributed by atoms with Gasteiger partial charge in [0.2, 0.25) is 23.6 Å². The van der Waals surface area contributed by atoms with Gasteiger partial charge < -0.3 is 40.0 Å².